The maximum absolute atomic E-state index is 10.5. The molecule has 0 bridgehead atoms. The third-order valence-electron chi connectivity index (χ3n) is 4.63. The van der Waals surface area contributed by atoms with Crippen molar-refractivity contribution < 1.29 is 5.11 Å². The van der Waals surface area contributed by atoms with Crippen molar-refractivity contribution in [1.29, 1.82) is 0 Å². The topological polar surface area (TPSA) is 20.2 Å². The van der Waals surface area contributed by atoms with Gasteiger partial charge in [0.1, 0.15) is 5.75 Å². The molecular weight excluding hydrogens is 280 g/mol. The zero-order valence-electron chi connectivity index (χ0n) is 16.6. The van der Waals surface area contributed by atoms with Crippen molar-refractivity contribution in [3.05, 3.63) is 28.8 Å². The largest absolute Gasteiger partial charge is 0.508 e. The van der Waals surface area contributed by atoms with Gasteiger partial charge in [0.05, 0.1) is 0 Å². The molecule has 132 valence electrons. The van der Waals surface area contributed by atoms with Crippen molar-refractivity contribution in [2.24, 2.45) is 0 Å². The molecule has 1 rings (SSSR count). The maximum atomic E-state index is 10.5. The van der Waals surface area contributed by atoms with Gasteiger partial charge in [-0.1, -0.05) is 86.6 Å². The molecule has 0 aliphatic heterocycles. The average molecular weight is 319 g/mol. The fourth-order valence-electron chi connectivity index (χ4n) is 3.52. The van der Waals surface area contributed by atoms with E-state index in [0.29, 0.717) is 5.75 Å². The summed E-state index contributed by atoms with van der Waals surface area (Å²) in [5.74, 6) is 0.464. The van der Waals surface area contributed by atoms with Gasteiger partial charge in [-0.2, -0.15) is 0 Å². The summed E-state index contributed by atoms with van der Waals surface area (Å²) in [5, 5.41) is 10.5. The number of phenolic OH excluding ortho intramolecular Hbond substituents is 1. The van der Waals surface area contributed by atoms with Crippen LogP contribution >= 0.6 is 0 Å². The van der Waals surface area contributed by atoms with E-state index in [0.717, 1.165) is 12.0 Å². The molecular formula is C22H38O. The predicted molar refractivity (Wildman–Crippen MR) is 103 cm³/mol. The fraction of sp³-hybridized carbons (Fsp3) is 0.727. The molecule has 0 fully saturated rings. The van der Waals surface area contributed by atoms with Gasteiger partial charge in [0.25, 0.3) is 0 Å². The van der Waals surface area contributed by atoms with Gasteiger partial charge in [-0.25, -0.2) is 0 Å². The van der Waals surface area contributed by atoms with E-state index < -0.39 is 0 Å². The van der Waals surface area contributed by atoms with Crippen molar-refractivity contribution in [2.45, 2.75) is 104 Å². The summed E-state index contributed by atoms with van der Waals surface area (Å²) >= 11 is 0. The van der Waals surface area contributed by atoms with Crippen LogP contribution in [0.4, 0.5) is 0 Å². The standard InChI is InChI=1S/C22H38O/c1-8-9-10-11-12-13-14-17-18(21(2,3)4)15-16-19(23)20(17)22(5,6)7/h15-16,23H,8-14H2,1-7H3. The molecule has 0 amide bonds. The molecule has 0 spiro atoms. The van der Waals surface area contributed by atoms with E-state index in [-0.39, 0.29) is 10.8 Å². The highest BCUT2D eigenvalue weighted by Crippen LogP contribution is 2.40. The van der Waals surface area contributed by atoms with Crippen molar-refractivity contribution in [2.75, 3.05) is 0 Å². The molecule has 0 aliphatic rings. The van der Waals surface area contributed by atoms with E-state index in [4.69, 9.17) is 0 Å². The van der Waals surface area contributed by atoms with Crippen LogP contribution < -0.4 is 0 Å². The second kappa shape index (κ2) is 8.22. The normalized spacial score (nSPS) is 12.7. The van der Waals surface area contributed by atoms with E-state index in [2.05, 4.69) is 54.5 Å². The molecule has 0 aromatic heterocycles. The van der Waals surface area contributed by atoms with E-state index >= 15 is 0 Å². The molecule has 0 radical (unpaired) electrons. The van der Waals surface area contributed by atoms with Crippen molar-refractivity contribution >= 4 is 0 Å². The highest BCUT2D eigenvalue weighted by Gasteiger charge is 2.27. The maximum Gasteiger partial charge on any atom is 0.119 e. The lowest BCUT2D eigenvalue weighted by Gasteiger charge is -2.31. The first-order valence-corrected chi connectivity index (χ1v) is 9.44. The van der Waals surface area contributed by atoms with Crippen LogP contribution in [0.3, 0.4) is 0 Å². The zero-order valence-corrected chi connectivity index (χ0v) is 16.6. The number of rotatable bonds is 7. The molecule has 1 aromatic rings. The Morgan fingerprint density at radius 3 is 1.87 bits per heavy atom. The molecule has 1 heteroatoms. The summed E-state index contributed by atoms with van der Waals surface area (Å²) in [6.07, 6.45) is 8.94. The van der Waals surface area contributed by atoms with Crippen molar-refractivity contribution in [3.63, 3.8) is 0 Å². The van der Waals surface area contributed by atoms with Crippen LogP contribution in [0.15, 0.2) is 12.1 Å². The number of aromatic hydroxyl groups is 1. The van der Waals surface area contributed by atoms with Gasteiger partial charge >= 0.3 is 0 Å². The minimum Gasteiger partial charge on any atom is -0.508 e. The van der Waals surface area contributed by atoms with Crippen LogP contribution in [0.5, 0.6) is 5.75 Å². The Morgan fingerprint density at radius 1 is 0.783 bits per heavy atom. The van der Waals surface area contributed by atoms with Gasteiger partial charge in [-0.15, -0.1) is 0 Å². The van der Waals surface area contributed by atoms with Crippen molar-refractivity contribution in [3.8, 4) is 5.75 Å². The first-order chi connectivity index (χ1) is 10.6. The molecule has 23 heavy (non-hydrogen) atoms. The van der Waals surface area contributed by atoms with Crippen LogP contribution in [0.2, 0.25) is 0 Å². The van der Waals surface area contributed by atoms with E-state index in [9.17, 15) is 5.11 Å². The van der Waals surface area contributed by atoms with E-state index in [1.54, 1.807) is 0 Å². The SMILES string of the molecule is CCCCCCCCc1c(C(C)(C)C)ccc(O)c1C(C)(C)C. The van der Waals surface area contributed by atoms with Gasteiger partial charge < -0.3 is 5.11 Å². The first-order valence-electron chi connectivity index (χ1n) is 9.44. The Labute approximate surface area is 144 Å². The first kappa shape index (κ1) is 20.1. The Hall–Kier alpha value is -0.980. The lowest BCUT2D eigenvalue weighted by Crippen LogP contribution is -2.21. The third kappa shape index (κ3) is 5.86. The van der Waals surface area contributed by atoms with Crippen LogP contribution in [-0.2, 0) is 17.3 Å². The number of benzene rings is 1. The number of unbranched alkanes of at least 4 members (excludes halogenated alkanes) is 5. The molecule has 0 atom stereocenters. The van der Waals surface area contributed by atoms with Gasteiger partial charge in [0.15, 0.2) is 0 Å². The quantitative estimate of drug-likeness (QED) is 0.543. The minimum absolute atomic E-state index is 0.0249. The molecule has 0 saturated carbocycles. The summed E-state index contributed by atoms with van der Waals surface area (Å²) in [5.41, 5.74) is 4.03. The summed E-state index contributed by atoms with van der Waals surface area (Å²) in [4.78, 5) is 0. The Morgan fingerprint density at radius 2 is 1.35 bits per heavy atom. The van der Waals surface area contributed by atoms with Crippen LogP contribution in [0.25, 0.3) is 0 Å². The molecule has 0 aliphatic carbocycles. The van der Waals surface area contributed by atoms with E-state index in [1.165, 1.54) is 49.7 Å². The zero-order chi connectivity index (χ0) is 17.7. The smallest absolute Gasteiger partial charge is 0.119 e. The van der Waals surface area contributed by atoms with Crippen molar-refractivity contribution in [1.82, 2.24) is 0 Å². The Bertz CT molecular complexity index is 486. The highest BCUT2D eigenvalue weighted by molar-refractivity contribution is 5.50. The fourth-order valence-corrected chi connectivity index (χ4v) is 3.52. The van der Waals surface area contributed by atoms with Gasteiger partial charge in [-0.3, -0.25) is 0 Å². The molecule has 1 aromatic carbocycles. The molecule has 1 nitrogen and oxygen atoms in total. The molecule has 0 heterocycles. The third-order valence-corrected chi connectivity index (χ3v) is 4.63. The van der Waals surface area contributed by atoms with Gasteiger partial charge in [-0.05, 0) is 40.9 Å². The summed E-state index contributed by atoms with van der Waals surface area (Å²) in [6, 6.07) is 4.03. The monoisotopic (exact) mass is 318 g/mol. The predicted octanol–water partition coefficient (Wildman–Crippen LogP) is 6.89. The molecule has 0 saturated heterocycles. The minimum atomic E-state index is -0.0249. The van der Waals surface area contributed by atoms with E-state index in [1.807, 2.05) is 6.07 Å². The molecule has 1 N–H and O–H groups in total. The van der Waals surface area contributed by atoms with Crippen LogP contribution in [0, 0.1) is 0 Å². The second-order valence-electron chi connectivity index (χ2n) is 9.00. The number of hydrogen-bond donors (Lipinski definition) is 1. The van der Waals surface area contributed by atoms with Gasteiger partial charge in [0.2, 0.25) is 0 Å². The Balaban J connectivity index is 3.03. The summed E-state index contributed by atoms with van der Waals surface area (Å²) in [6.45, 7) is 15.7. The highest BCUT2D eigenvalue weighted by atomic mass is 16.3. The summed E-state index contributed by atoms with van der Waals surface area (Å²) < 4.78 is 0. The second-order valence-corrected chi connectivity index (χ2v) is 9.00. The number of phenols is 1. The molecule has 0 unspecified atom stereocenters. The van der Waals surface area contributed by atoms with Crippen LogP contribution in [-0.4, -0.2) is 5.11 Å². The van der Waals surface area contributed by atoms with Crippen LogP contribution in [0.1, 0.15) is 104 Å². The van der Waals surface area contributed by atoms with Gasteiger partial charge in [0, 0.05) is 5.56 Å². The lowest BCUT2D eigenvalue weighted by atomic mass is 9.74. The lowest BCUT2D eigenvalue weighted by molar-refractivity contribution is 0.440. The Kier molecular flexibility index (Phi) is 7.17. The number of hydrogen-bond acceptors (Lipinski definition) is 1. The summed E-state index contributed by atoms with van der Waals surface area (Å²) in [7, 11) is 0. The average Bonchev–Trinajstić information content (AvgIpc) is 2.39.